The second-order valence-electron chi connectivity index (χ2n) is 7.13. The molecule has 136 valence electrons. The van der Waals surface area contributed by atoms with E-state index in [1.807, 2.05) is 6.07 Å². The Balaban J connectivity index is 1.28. The molecular formula is C21H26N4O. The quantitative estimate of drug-likeness (QED) is 0.792. The van der Waals surface area contributed by atoms with Crippen molar-refractivity contribution >= 4 is 11.8 Å². The molecule has 1 aliphatic heterocycles. The van der Waals surface area contributed by atoms with Crippen molar-refractivity contribution in [1.82, 2.24) is 15.6 Å². The fraction of sp³-hybridized carbons (Fsp3) is 0.429. The van der Waals surface area contributed by atoms with E-state index in [2.05, 4.69) is 51.3 Å². The molecule has 0 saturated carbocycles. The maximum absolute atomic E-state index is 12.3. The average molecular weight is 350 g/mol. The van der Waals surface area contributed by atoms with Gasteiger partial charge in [0, 0.05) is 25.2 Å². The summed E-state index contributed by atoms with van der Waals surface area (Å²) in [6.45, 7) is 1.58. The molecule has 5 nitrogen and oxygen atoms in total. The van der Waals surface area contributed by atoms with Crippen LogP contribution in [0, 0.1) is 0 Å². The van der Waals surface area contributed by atoms with Crippen LogP contribution in [0.15, 0.2) is 36.4 Å². The van der Waals surface area contributed by atoms with Gasteiger partial charge in [-0.15, -0.1) is 0 Å². The third-order valence-electron chi connectivity index (χ3n) is 5.29. The molecule has 3 N–H and O–H groups in total. The van der Waals surface area contributed by atoms with E-state index < -0.39 is 0 Å². The van der Waals surface area contributed by atoms with Crippen LogP contribution in [0.5, 0.6) is 0 Å². The van der Waals surface area contributed by atoms with Crippen LogP contribution >= 0.6 is 0 Å². The fourth-order valence-corrected chi connectivity index (χ4v) is 3.93. The summed E-state index contributed by atoms with van der Waals surface area (Å²) in [7, 11) is 0. The van der Waals surface area contributed by atoms with E-state index in [0.29, 0.717) is 6.54 Å². The first-order chi connectivity index (χ1) is 12.8. The van der Waals surface area contributed by atoms with Crippen LogP contribution in [0.1, 0.15) is 47.7 Å². The van der Waals surface area contributed by atoms with Crippen LogP contribution in [0.2, 0.25) is 0 Å². The Morgan fingerprint density at radius 1 is 1.12 bits per heavy atom. The van der Waals surface area contributed by atoms with Gasteiger partial charge in [-0.2, -0.15) is 0 Å². The number of rotatable bonds is 4. The molecule has 1 unspecified atom stereocenters. The predicted octanol–water partition coefficient (Wildman–Crippen LogP) is 3.36. The van der Waals surface area contributed by atoms with Crippen molar-refractivity contribution < 1.29 is 4.79 Å². The highest BCUT2D eigenvalue weighted by Crippen LogP contribution is 2.29. The van der Waals surface area contributed by atoms with Crippen molar-refractivity contribution in [3.63, 3.8) is 0 Å². The molecule has 5 heteroatoms. The Bertz CT molecular complexity index is 789. The molecule has 2 aromatic rings. The van der Waals surface area contributed by atoms with E-state index in [1.54, 1.807) is 0 Å². The number of aromatic nitrogens is 1. The Morgan fingerprint density at radius 2 is 2.00 bits per heavy atom. The zero-order valence-corrected chi connectivity index (χ0v) is 15.1. The molecule has 0 radical (unpaired) electrons. The first-order valence-corrected chi connectivity index (χ1v) is 9.64. The maximum atomic E-state index is 12.3. The summed E-state index contributed by atoms with van der Waals surface area (Å²) in [5, 5.41) is 9.46. The van der Waals surface area contributed by atoms with Crippen LogP contribution in [-0.2, 0) is 19.3 Å². The van der Waals surface area contributed by atoms with E-state index in [0.717, 1.165) is 50.2 Å². The summed E-state index contributed by atoms with van der Waals surface area (Å²) in [4.78, 5) is 17.0. The number of carbonyl (C=O) groups is 1. The van der Waals surface area contributed by atoms with Crippen LogP contribution in [0.3, 0.4) is 0 Å². The van der Waals surface area contributed by atoms with Gasteiger partial charge in [0.05, 0.1) is 6.04 Å². The summed E-state index contributed by atoms with van der Waals surface area (Å²) in [6.07, 6.45) is 6.23. The normalized spacial score (nSPS) is 18.2. The highest BCUT2D eigenvalue weighted by Gasteiger charge is 2.21. The molecule has 4 rings (SSSR count). The number of aryl methyl sites for hydroxylation is 2. The number of hydrogen-bond donors (Lipinski definition) is 3. The number of pyridine rings is 1. The highest BCUT2D eigenvalue weighted by molar-refractivity contribution is 5.74. The molecule has 0 bridgehead atoms. The van der Waals surface area contributed by atoms with Crippen LogP contribution in [-0.4, -0.2) is 24.1 Å². The van der Waals surface area contributed by atoms with Crippen LogP contribution in [0.4, 0.5) is 10.6 Å². The Kier molecular flexibility index (Phi) is 5.04. The van der Waals surface area contributed by atoms with Crippen LogP contribution in [0.25, 0.3) is 0 Å². The minimum absolute atomic E-state index is 0.0946. The average Bonchev–Trinajstić information content (AvgIpc) is 2.68. The third-order valence-corrected chi connectivity index (χ3v) is 5.29. The van der Waals surface area contributed by atoms with Crippen molar-refractivity contribution in [2.24, 2.45) is 0 Å². The Hall–Kier alpha value is -2.56. The summed E-state index contributed by atoms with van der Waals surface area (Å²) in [6, 6.07) is 12.7. The number of fused-ring (bicyclic) bond motifs is 2. The number of amides is 2. The monoisotopic (exact) mass is 350 g/mol. The fourth-order valence-electron chi connectivity index (χ4n) is 3.93. The third kappa shape index (κ3) is 3.82. The van der Waals surface area contributed by atoms with E-state index in [9.17, 15) is 4.79 Å². The number of carbonyl (C=O) groups excluding carboxylic acids is 1. The predicted molar refractivity (Wildman–Crippen MR) is 103 cm³/mol. The lowest BCUT2D eigenvalue weighted by molar-refractivity contribution is 0.235. The molecule has 1 aromatic carbocycles. The van der Waals surface area contributed by atoms with Crippen LogP contribution < -0.4 is 16.0 Å². The second kappa shape index (κ2) is 7.77. The molecule has 2 heterocycles. The number of hydrogen-bond acceptors (Lipinski definition) is 3. The smallest absolute Gasteiger partial charge is 0.315 e. The summed E-state index contributed by atoms with van der Waals surface area (Å²) < 4.78 is 0. The molecule has 1 aliphatic carbocycles. The maximum Gasteiger partial charge on any atom is 0.315 e. The molecular weight excluding hydrogens is 324 g/mol. The van der Waals surface area contributed by atoms with Crippen molar-refractivity contribution in [1.29, 1.82) is 0 Å². The number of anilines is 1. The van der Waals surface area contributed by atoms with Gasteiger partial charge in [0.25, 0.3) is 0 Å². The molecule has 2 amide bonds. The molecule has 0 spiro atoms. The van der Waals surface area contributed by atoms with E-state index in [1.165, 1.54) is 23.1 Å². The van der Waals surface area contributed by atoms with Gasteiger partial charge in [-0.1, -0.05) is 30.3 Å². The summed E-state index contributed by atoms with van der Waals surface area (Å²) in [5.41, 5.74) is 4.93. The van der Waals surface area contributed by atoms with E-state index in [4.69, 9.17) is 0 Å². The van der Waals surface area contributed by atoms with Gasteiger partial charge in [0.15, 0.2) is 0 Å². The lowest BCUT2D eigenvalue weighted by Crippen LogP contribution is -2.40. The summed E-state index contributed by atoms with van der Waals surface area (Å²) in [5.74, 6) is 1.01. The van der Waals surface area contributed by atoms with Gasteiger partial charge in [-0.25, -0.2) is 9.78 Å². The van der Waals surface area contributed by atoms with Gasteiger partial charge >= 0.3 is 6.03 Å². The van der Waals surface area contributed by atoms with Crippen molar-refractivity contribution in [3.8, 4) is 0 Å². The SMILES string of the molecule is O=C(NCCc1ccc2c(n1)NCCC2)NC1CCCc2ccccc21. The Labute approximate surface area is 154 Å². The number of nitrogens with zero attached hydrogens (tertiary/aromatic N) is 1. The standard InChI is InChI=1S/C21H26N4O/c26-21(25-19-9-3-6-15-5-1-2-8-18(15)19)23-14-12-17-11-10-16-7-4-13-22-20(16)24-17/h1-2,5,8,10-11,19H,3-4,6-7,9,12-14H2,(H,22,24)(H2,23,25,26). The zero-order chi connectivity index (χ0) is 17.8. The van der Waals surface area contributed by atoms with Gasteiger partial charge in [0.1, 0.15) is 5.82 Å². The van der Waals surface area contributed by atoms with Crippen molar-refractivity contribution in [2.45, 2.75) is 44.6 Å². The van der Waals surface area contributed by atoms with E-state index in [-0.39, 0.29) is 12.1 Å². The largest absolute Gasteiger partial charge is 0.370 e. The molecule has 0 fully saturated rings. The molecule has 1 atom stereocenters. The summed E-state index contributed by atoms with van der Waals surface area (Å²) >= 11 is 0. The molecule has 26 heavy (non-hydrogen) atoms. The van der Waals surface area contributed by atoms with Gasteiger partial charge in [0.2, 0.25) is 0 Å². The zero-order valence-electron chi connectivity index (χ0n) is 15.1. The number of urea groups is 1. The highest BCUT2D eigenvalue weighted by atomic mass is 16.2. The topological polar surface area (TPSA) is 66.0 Å². The Morgan fingerprint density at radius 3 is 2.96 bits per heavy atom. The molecule has 0 saturated heterocycles. The number of nitrogens with one attached hydrogen (secondary N) is 3. The lowest BCUT2D eigenvalue weighted by atomic mass is 9.88. The minimum atomic E-state index is -0.0946. The van der Waals surface area contributed by atoms with Gasteiger partial charge in [-0.05, 0) is 54.9 Å². The number of benzene rings is 1. The lowest BCUT2D eigenvalue weighted by Gasteiger charge is -2.26. The molecule has 1 aromatic heterocycles. The first kappa shape index (κ1) is 16.9. The first-order valence-electron chi connectivity index (χ1n) is 9.64. The second-order valence-corrected chi connectivity index (χ2v) is 7.13. The van der Waals surface area contributed by atoms with Gasteiger partial charge < -0.3 is 16.0 Å². The van der Waals surface area contributed by atoms with E-state index >= 15 is 0 Å². The molecule has 2 aliphatic rings. The van der Waals surface area contributed by atoms with Crippen molar-refractivity contribution in [2.75, 3.05) is 18.4 Å². The minimum Gasteiger partial charge on any atom is -0.370 e. The van der Waals surface area contributed by atoms with Gasteiger partial charge in [-0.3, -0.25) is 0 Å². The van der Waals surface area contributed by atoms with Crippen molar-refractivity contribution in [3.05, 3.63) is 58.8 Å².